The minimum Gasteiger partial charge on any atom is -0.507 e. The average molecular weight is 393 g/mol. The number of hydrogen-bond acceptors (Lipinski definition) is 6. The molecule has 3 aromatic rings. The summed E-state index contributed by atoms with van der Waals surface area (Å²) < 4.78 is 1.24. The number of nitrogens with zero attached hydrogens (tertiary/aromatic N) is 1. The number of imide groups is 2. The van der Waals surface area contributed by atoms with Gasteiger partial charge in [-0.05, 0) is 17.7 Å². The minimum absolute atomic E-state index is 0.0612. The number of aliphatic hydroxyl groups is 1. The number of carbonyl (C=O) groups excluding carboxylic acids is 3. The summed E-state index contributed by atoms with van der Waals surface area (Å²) in [6.45, 7) is 0.0612. The zero-order valence-corrected chi connectivity index (χ0v) is 14.9. The number of urea groups is 1. The Hall–Kier alpha value is -3.98. The molecule has 1 aliphatic rings. The van der Waals surface area contributed by atoms with Crippen molar-refractivity contribution in [2.75, 3.05) is 0 Å². The van der Waals surface area contributed by atoms with Gasteiger partial charge in [0.25, 0.3) is 23.0 Å². The van der Waals surface area contributed by atoms with Crippen molar-refractivity contribution in [1.82, 2.24) is 15.2 Å². The lowest BCUT2D eigenvalue weighted by atomic mass is 9.89. The van der Waals surface area contributed by atoms with Crippen LogP contribution in [0, 0.1) is 0 Å². The first-order chi connectivity index (χ1) is 13.8. The van der Waals surface area contributed by atoms with E-state index in [2.05, 4.69) is 0 Å². The predicted molar refractivity (Wildman–Crippen MR) is 101 cm³/mol. The molecule has 0 radical (unpaired) electrons. The van der Waals surface area contributed by atoms with Crippen LogP contribution in [0.15, 0.2) is 59.4 Å². The fraction of sp³-hybridized carbons (Fsp3) is 0.100. The van der Waals surface area contributed by atoms with E-state index in [9.17, 15) is 29.4 Å². The van der Waals surface area contributed by atoms with Crippen molar-refractivity contribution < 1.29 is 24.6 Å². The van der Waals surface area contributed by atoms with Crippen molar-refractivity contribution in [2.24, 2.45) is 0 Å². The van der Waals surface area contributed by atoms with Gasteiger partial charge in [-0.25, -0.2) is 4.79 Å². The number of barbiturate groups is 1. The second kappa shape index (κ2) is 6.57. The van der Waals surface area contributed by atoms with Crippen molar-refractivity contribution in [1.29, 1.82) is 0 Å². The Morgan fingerprint density at radius 3 is 2.10 bits per heavy atom. The zero-order valence-electron chi connectivity index (χ0n) is 14.9. The van der Waals surface area contributed by atoms with Gasteiger partial charge in [-0.1, -0.05) is 42.5 Å². The molecular weight excluding hydrogens is 378 g/mol. The average Bonchev–Trinajstić information content (AvgIpc) is 2.70. The van der Waals surface area contributed by atoms with Crippen LogP contribution in [0.25, 0.3) is 10.9 Å². The van der Waals surface area contributed by atoms with E-state index in [1.54, 1.807) is 53.1 Å². The summed E-state index contributed by atoms with van der Waals surface area (Å²) >= 11 is 0. The maximum atomic E-state index is 13.3. The van der Waals surface area contributed by atoms with Crippen LogP contribution >= 0.6 is 0 Å². The molecule has 9 nitrogen and oxygen atoms in total. The van der Waals surface area contributed by atoms with Gasteiger partial charge in [0.1, 0.15) is 11.3 Å². The number of pyridine rings is 1. The topological polar surface area (TPSA) is 138 Å². The summed E-state index contributed by atoms with van der Waals surface area (Å²) in [6, 6.07) is 14.1. The third-order valence-electron chi connectivity index (χ3n) is 4.80. The van der Waals surface area contributed by atoms with Gasteiger partial charge < -0.3 is 14.8 Å². The number of para-hydroxylation sites is 1. The molecule has 0 saturated carbocycles. The van der Waals surface area contributed by atoms with Gasteiger partial charge in [0, 0.05) is 5.39 Å². The number of aromatic nitrogens is 1. The Balaban J connectivity index is 2.03. The van der Waals surface area contributed by atoms with Gasteiger partial charge in [-0.3, -0.25) is 25.0 Å². The highest BCUT2D eigenvalue weighted by Crippen LogP contribution is 2.34. The van der Waals surface area contributed by atoms with Crippen LogP contribution in [0.3, 0.4) is 0 Å². The highest BCUT2D eigenvalue weighted by Gasteiger charge is 2.54. The van der Waals surface area contributed by atoms with Crippen molar-refractivity contribution in [2.45, 2.75) is 12.1 Å². The molecule has 1 aliphatic heterocycles. The summed E-state index contributed by atoms with van der Waals surface area (Å²) in [4.78, 5) is 49.3. The maximum absolute atomic E-state index is 13.3. The highest BCUT2D eigenvalue weighted by molar-refractivity contribution is 6.22. The smallest absolute Gasteiger partial charge is 0.328 e. The molecule has 0 spiro atoms. The summed E-state index contributed by atoms with van der Waals surface area (Å²) in [6.07, 6.45) is 0. The second-order valence-corrected chi connectivity index (χ2v) is 6.57. The lowest BCUT2D eigenvalue weighted by Crippen LogP contribution is -2.66. The fourth-order valence-corrected chi connectivity index (χ4v) is 3.39. The van der Waals surface area contributed by atoms with Crippen LogP contribution in [0.4, 0.5) is 4.79 Å². The van der Waals surface area contributed by atoms with Crippen molar-refractivity contribution in [3.63, 3.8) is 0 Å². The molecule has 0 atom stereocenters. The molecule has 0 aliphatic carbocycles. The monoisotopic (exact) mass is 393 g/mol. The molecule has 4 N–H and O–H groups in total. The first-order valence-electron chi connectivity index (χ1n) is 8.62. The number of nitrogens with one attached hydrogen (secondary N) is 2. The van der Waals surface area contributed by atoms with E-state index >= 15 is 0 Å². The number of amides is 4. The molecule has 2 aromatic carbocycles. The number of hydrogen-bond donors (Lipinski definition) is 4. The van der Waals surface area contributed by atoms with E-state index in [0.717, 1.165) is 5.56 Å². The van der Waals surface area contributed by atoms with Gasteiger partial charge >= 0.3 is 6.03 Å². The van der Waals surface area contributed by atoms with E-state index in [-0.39, 0.29) is 11.9 Å². The van der Waals surface area contributed by atoms with Crippen LogP contribution in [0.2, 0.25) is 0 Å². The first-order valence-corrected chi connectivity index (χ1v) is 8.62. The molecule has 2 heterocycles. The molecule has 4 rings (SSSR count). The Bertz CT molecular complexity index is 1210. The molecule has 9 heteroatoms. The van der Waals surface area contributed by atoms with Gasteiger partial charge in [0.15, 0.2) is 0 Å². The van der Waals surface area contributed by atoms with E-state index in [1.807, 2.05) is 6.07 Å². The number of fused-ring (bicyclic) bond motifs is 1. The molecule has 0 bridgehead atoms. The number of rotatable bonds is 3. The lowest BCUT2D eigenvalue weighted by molar-refractivity contribution is -0.156. The Kier molecular flexibility index (Phi) is 4.16. The van der Waals surface area contributed by atoms with E-state index in [0.29, 0.717) is 5.52 Å². The maximum Gasteiger partial charge on any atom is 0.328 e. The third kappa shape index (κ3) is 2.75. The van der Waals surface area contributed by atoms with Gasteiger partial charge in [-0.2, -0.15) is 0 Å². The van der Waals surface area contributed by atoms with Crippen molar-refractivity contribution in [3.8, 4) is 5.75 Å². The van der Waals surface area contributed by atoms with Gasteiger partial charge in [0.2, 0.25) is 0 Å². The number of benzene rings is 2. The summed E-state index contributed by atoms with van der Waals surface area (Å²) in [7, 11) is 0. The molecule has 0 unspecified atom stereocenters. The fourth-order valence-electron chi connectivity index (χ4n) is 3.39. The SMILES string of the molecule is O=C1NC(=O)C(O)(c2c(O)c3ccccc3n(Cc3ccccc3)c2=O)C(=O)N1. The molecule has 1 aromatic heterocycles. The third-order valence-corrected chi connectivity index (χ3v) is 4.80. The zero-order chi connectivity index (χ0) is 20.8. The number of carbonyl (C=O) groups is 3. The van der Waals surface area contributed by atoms with Crippen LogP contribution in [0.1, 0.15) is 11.1 Å². The van der Waals surface area contributed by atoms with Crippen LogP contribution in [-0.2, 0) is 21.7 Å². The van der Waals surface area contributed by atoms with E-state index in [4.69, 9.17) is 0 Å². The Morgan fingerprint density at radius 2 is 1.45 bits per heavy atom. The van der Waals surface area contributed by atoms with Crippen molar-refractivity contribution in [3.05, 3.63) is 76.1 Å². The summed E-state index contributed by atoms with van der Waals surface area (Å²) in [5.74, 6) is -3.54. The van der Waals surface area contributed by atoms with Gasteiger partial charge in [-0.15, -0.1) is 0 Å². The van der Waals surface area contributed by atoms with Crippen molar-refractivity contribution >= 4 is 28.7 Å². The molecule has 146 valence electrons. The largest absolute Gasteiger partial charge is 0.507 e. The molecule has 29 heavy (non-hydrogen) atoms. The summed E-state index contributed by atoms with van der Waals surface area (Å²) in [5, 5.41) is 25.2. The molecule has 1 saturated heterocycles. The predicted octanol–water partition coefficient (Wildman–Crippen LogP) is 0.309. The Morgan fingerprint density at radius 1 is 0.862 bits per heavy atom. The summed E-state index contributed by atoms with van der Waals surface area (Å²) in [5.41, 5.74) is -3.74. The molecule has 1 fully saturated rings. The molecular formula is C20H15N3O6. The minimum atomic E-state index is -3.07. The standard InChI is InChI=1S/C20H15N3O6/c24-15-12-8-4-5-9-13(12)23(10-11-6-2-1-3-7-11)16(25)14(15)20(29)17(26)21-19(28)22-18(20)27/h1-9,24,29H,10H2,(H2,21,22,26,27,28). The quantitative estimate of drug-likeness (QED) is 0.473. The van der Waals surface area contributed by atoms with E-state index < -0.39 is 40.3 Å². The number of aromatic hydroxyl groups is 1. The normalized spacial score (nSPS) is 15.8. The van der Waals surface area contributed by atoms with Crippen LogP contribution < -0.4 is 16.2 Å². The van der Waals surface area contributed by atoms with Crippen LogP contribution in [0.5, 0.6) is 5.75 Å². The van der Waals surface area contributed by atoms with Crippen LogP contribution in [-0.4, -0.2) is 32.6 Å². The highest BCUT2D eigenvalue weighted by atomic mass is 16.3. The first kappa shape index (κ1) is 18.4. The second-order valence-electron chi connectivity index (χ2n) is 6.57. The lowest BCUT2D eigenvalue weighted by Gasteiger charge is -2.30. The van der Waals surface area contributed by atoms with Gasteiger partial charge in [0.05, 0.1) is 12.1 Å². The van der Waals surface area contributed by atoms with E-state index in [1.165, 1.54) is 10.6 Å². The molecule has 4 amide bonds. The Labute approximate surface area is 163 Å².